The number of carbonyl (C=O) groups is 3. The molecular weight excluding hydrogens is 593 g/mol. The molecule has 0 aliphatic heterocycles. The molecule has 0 spiro atoms. The van der Waals surface area contributed by atoms with Crippen molar-refractivity contribution in [3.63, 3.8) is 0 Å². The molecule has 2 N–H and O–H groups in total. The van der Waals surface area contributed by atoms with E-state index in [9.17, 15) is 18.6 Å². The van der Waals surface area contributed by atoms with Crippen molar-refractivity contribution in [1.29, 1.82) is 0 Å². The van der Waals surface area contributed by atoms with E-state index >= 15 is 0 Å². The van der Waals surface area contributed by atoms with Crippen molar-refractivity contribution >= 4 is 98.4 Å². The molecule has 206 valence electrons. The molecule has 0 aliphatic rings. The molecule has 8 nitrogen and oxygen atoms in total. The largest absolute Gasteiger partial charge is 0.455 e. The van der Waals surface area contributed by atoms with Crippen LogP contribution in [-0.4, -0.2) is 107 Å². The highest BCUT2D eigenvalue weighted by Gasteiger charge is 2.07. The third-order valence-electron chi connectivity index (χ3n) is 3.75. The van der Waals surface area contributed by atoms with Crippen LogP contribution in [0.15, 0.2) is 0 Å². The molecule has 0 heterocycles. The maximum Gasteiger partial charge on any atom is 0.307 e. The van der Waals surface area contributed by atoms with Gasteiger partial charge in [0.2, 0.25) is 0 Å². The number of thioether (sulfide) groups is 6. The second kappa shape index (κ2) is 27.8. The lowest BCUT2D eigenvalue weighted by Gasteiger charge is -2.05. The third-order valence-corrected chi connectivity index (χ3v) is 10.6. The Morgan fingerprint density at radius 2 is 1.17 bits per heavy atom. The molecule has 0 aromatic heterocycles. The van der Waals surface area contributed by atoms with Crippen molar-refractivity contribution in [2.45, 2.75) is 25.7 Å². The zero-order valence-corrected chi connectivity index (χ0v) is 25.4. The van der Waals surface area contributed by atoms with Gasteiger partial charge in [0.15, 0.2) is 5.12 Å². The number of aliphatic hydroxyl groups is 2. The molecule has 0 radical (unpaired) electrons. The Morgan fingerprint density at radius 1 is 0.629 bits per heavy atom. The standard InChI is InChI=1S/C20H36O8S7/c21-14-32-16-27-18(23)2-6-29-5-1-12-35(26)13-11-31-9-10-34-20(25)4-8-30-7-3-19(24)28-17-33-15-22/h21-22H,1-17H2. The molecule has 0 fully saturated rings. The van der Waals surface area contributed by atoms with Crippen molar-refractivity contribution < 1.29 is 38.3 Å². The van der Waals surface area contributed by atoms with Crippen LogP contribution in [0.1, 0.15) is 25.7 Å². The second-order valence-corrected chi connectivity index (χ2v) is 14.8. The van der Waals surface area contributed by atoms with Crippen LogP contribution in [0, 0.1) is 0 Å². The summed E-state index contributed by atoms with van der Waals surface area (Å²) in [4.78, 5) is 34.7. The predicted octanol–water partition coefficient (Wildman–Crippen LogP) is 3.12. The van der Waals surface area contributed by atoms with Gasteiger partial charge in [-0.05, 0) is 12.2 Å². The zero-order valence-electron chi connectivity index (χ0n) is 19.7. The number of ether oxygens (including phenoxy) is 2. The van der Waals surface area contributed by atoms with E-state index in [0.29, 0.717) is 48.0 Å². The Bertz CT molecular complexity index is 584. The van der Waals surface area contributed by atoms with E-state index in [2.05, 4.69) is 0 Å². The van der Waals surface area contributed by atoms with Crippen LogP contribution in [0.5, 0.6) is 0 Å². The van der Waals surface area contributed by atoms with Gasteiger partial charge in [0.25, 0.3) is 0 Å². The van der Waals surface area contributed by atoms with Crippen LogP contribution in [0.4, 0.5) is 0 Å². The average Bonchev–Trinajstić information content (AvgIpc) is 2.83. The molecule has 1 atom stereocenters. The van der Waals surface area contributed by atoms with Gasteiger partial charge >= 0.3 is 11.9 Å². The average molecular weight is 629 g/mol. The molecule has 0 aromatic carbocycles. The topological polar surface area (TPSA) is 127 Å². The summed E-state index contributed by atoms with van der Waals surface area (Å²) in [6.07, 6.45) is 1.97. The first-order valence-electron chi connectivity index (χ1n) is 10.9. The summed E-state index contributed by atoms with van der Waals surface area (Å²) >= 11 is 8.51. The van der Waals surface area contributed by atoms with Gasteiger partial charge < -0.3 is 19.7 Å². The van der Waals surface area contributed by atoms with Crippen molar-refractivity contribution in [3.8, 4) is 0 Å². The monoisotopic (exact) mass is 628 g/mol. The van der Waals surface area contributed by atoms with Gasteiger partial charge in [-0.3, -0.25) is 18.6 Å². The van der Waals surface area contributed by atoms with E-state index < -0.39 is 10.8 Å². The first kappa shape index (κ1) is 35.8. The molecule has 0 saturated heterocycles. The Kier molecular flexibility index (Phi) is 28.4. The maximum absolute atomic E-state index is 12.0. The SMILES string of the molecule is O=C(CCSCCCS(=O)CCSCCSC(=O)CCSCCC(=O)OCSCO)OCSCO. The van der Waals surface area contributed by atoms with Gasteiger partial charge in [-0.2, -0.15) is 35.3 Å². The lowest BCUT2D eigenvalue weighted by atomic mass is 10.5. The molecule has 0 bridgehead atoms. The van der Waals surface area contributed by atoms with E-state index in [1.807, 2.05) is 0 Å². The molecule has 0 aliphatic carbocycles. The van der Waals surface area contributed by atoms with Gasteiger partial charge in [-0.1, -0.05) is 35.3 Å². The van der Waals surface area contributed by atoms with E-state index in [0.717, 1.165) is 53.0 Å². The van der Waals surface area contributed by atoms with Crippen LogP contribution < -0.4 is 0 Å². The van der Waals surface area contributed by atoms with Gasteiger partial charge in [0.05, 0.1) is 24.7 Å². The zero-order chi connectivity index (χ0) is 26.0. The summed E-state index contributed by atoms with van der Waals surface area (Å²) in [6.45, 7) is 0. The minimum Gasteiger partial charge on any atom is -0.455 e. The second-order valence-electron chi connectivity index (χ2n) is 6.44. The Morgan fingerprint density at radius 3 is 1.77 bits per heavy atom. The van der Waals surface area contributed by atoms with Crippen LogP contribution >= 0.6 is 70.6 Å². The molecule has 35 heavy (non-hydrogen) atoms. The summed E-state index contributed by atoms with van der Waals surface area (Å²) in [6, 6.07) is 0. The summed E-state index contributed by atoms with van der Waals surface area (Å²) in [5.74, 6) is 6.22. The van der Waals surface area contributed by atoms with Gasteiger partial charge in [0.1, 0.15) is 11.9 Å². The Hall–Kier alpha value is 0.780. The predicted molar refractivity (Wildman–Crippen MR) is 157 cm³/mol. The molecule has 1 unspecified atom stereocenters. The van der Waals surface area contributed by atoms with Crippen LogP contribution in [0.25, 0.3) is 0 Å². The highest BCUT2D eigenvalue weighted by atomic mass is 32.2. The molecule has 0 aromatic rings. The smallest absolute Gasteiger partial charge is 0.307 e. The fraction of sp³-hybridized carbons (Fsp3) is 0.850. The lowest BCUT2D eigenvalue weighted by Crippen LogP contribution is -2.07. The number of rotatable bonds is 25. The van der Waals surface area contributed by atoms with Crippen molar-refractivity contribution in [1.82, 2.24) is 0 Å². The maximum atomic E-state index is 12.0. The van der Waals surface area contributed by atoms with Crippen LogP contribution in [0.3, 0.4) is 0 Å². The first-order valence-corrected chi connectivity index (χ1v) is 19.2. The summed E-state index contributed by atoms with van der Waals surface area (Å²) in [5, 5.41) is 17.3. The first-order chi connectivity index (χ1) is 17.0. The summed E-state index contributed by atoms with van der Waals surface area (Å²) < 4.78 is 21.9. The number of hydrogen-bond donors (Lipinski definition) is 2. The number of aliphatic hydroxyl groups excluding tert-OH is 2. The van der Waals surface area contributed by atoms with Crippen molar-refractivity contribution in [3.05, 3.63) is 0 Å². The quantitative estimate of drug-likeness (QED) is 0.0873. The van der Waals surface area contributed by atoms with E-state index in [4.69, 9.17) is 19.7 Å². The Balaban J connectivity index is 3.41. The minimum atomic E-state index is -0.840. The van der Waals surface area contributed by atoms with Gasteiger partial charge in [-0.15, -0.1) is 0 Å². The van der Waals surface area contributed by atoms with Gasteiger partial charge in [0, 0.05) is 63.2 Å². The van der Waals surface area contributed by atoms with E-state index in [1.165, 1.54) is 11.8 Å². The minimum absolute atomic E-state index is 0.0628. The van der Waals surface area contributed by atoms with E-state index in [1.54, 1.807) is 35.3 Å². The van der Waals surface area contributed by atoms with Crippen LogP contribution in [0.2, 0.25) is 0 Å². The molecule has 15 heteroatoms. The van der Waals surface area contributed by atoms with Crippen molar-refractivity contribution in [2.24, 2.45) is 0 Å². The normalized spacial score (nSPS) is 11.8. The molecule has 0 saturated carbocycles. The number of carbonyl (C=O) groups excluding carboxylic acids is 3. The number of esters is 2. The molecule has 0 amide bonds. The van der Waals surface area contributed by atoms with Crippen molar-refractivity contribution in [2.75, 3.05) is 75.5 Å². The highest BCUT2D eigenvalue weighted by Crippen LogP contribution is 2.14. The van der Waals surface area contributed by atoms with Gasteiger partial charge in [-0.25, -0.2) is 0 Å². The van der Waals surface area contributed by atoms with Crippen LogP contribution in [-0.2, 0) is 34.7 Å². The number of hydrogen-bond acceptors (Lipinski definition) is 14. The fourth-order valence-electron chi connectivity index (χ4n) is 2.07. The molecular formula is C20H36O8S7. The lowest BCUT2D eigenvalue weighted by molar-refractivity contribution is -0.141. The fourth-order valence-corrected chi connectivity index (χ4v) is 8.04. The Labute approximate surface area is 236 Å². The molecule has 0 rings (SSSR count). The summed E-state index contributed by atoms with van der Waals surface area (Å²) in [7, 11) is -0.840. The highest BCUT2D eigenvalue weighted by molar-refractivity contribution is 8.14. The van der Waals surface area contributed by atoms with E-state index in [-0.39, 0.29) is 40.8 Å². The third kappa shape index (κ3) is 27.6. The summed E-state index contributed by atoms with van der Waals surface area (Å²) in [5.41, 5.74) is 0.